The maximum atomic E-state index is 12.5. The van der Waals surface area contributed by atoms with Crippen molar-refractivity contribution in [2.24, 2.45) is 4.99 Å². The molecule has 5 nitrogen and oxygen atoms in total. The summed E-state index contributed by atoms with van der Waals surface area (Å²) in [7, 11) is 0. The number of thioether (sulfide) groups is 2. The van der Waals surface area contributed by atoms with E-state index in [9.17, 15) is 4.79 Å². The molecule has 0 bridgehead atoms. The highest BCUT2D eigenvalue weighted by molar-refractivity contribution is 7.99. The Morgan fingerprint density at radius 1 is 1.17 bits per heavy atom. The molecule has 0 fully saturated rings. The molecule has 1 aromatic heterocycles. The van der Waals surface area contributed by atoms with Gasteiger partial charge in [0, 0.05) is 41.5 Å². The number of aryl methyl sites for hydroxylation is 2. The minimum Gasteiger partial charge on any atom is -0.454 e. The van der Waals surface area contributed by atoms with E-state index in [0.29, 0.717) is 6.42 Å². The Balaban J connectivity index is 1.53. The molecule has 1 amide bonds. The van der Waals surface area contributed by atoms with Gasteiger partial charge in [0.15, 0.2) is 16.3 Å². The van der Waals surface area contributed by atoms with Crippen LogP contribution in [0.5, 0.6) is 11.5 Å². The maximum absolute atomic E-state index is 12.5. The van der Waals surface area contributed by atoms with E-state index in [2.05, 4.69) is 47.0 Å². The minimum atomic E-state index is -0.0888. The Labute approximate surface area is 182 Å². The lowest BCUT2D eigenvalue weighted by Gasteiger charge is -2.04. The molecule has 0 saturated heterocycles. The summed E-state index contributed by atoms with van der Waals surface area (Å²) in [6.45, 7) is 3.12. The third kappa shape index (κ3) is 4.82. The maximum Gasteiger partial charge on any atom is 0.249 e. The number of thiazole rings is 1. The van der Waals surface area contributed by atoms with Crippen LogP contribution in [0.1, 0.15) is 12.0 Å². The van der Waals surface area contributed by atoms with Gasteiger partial charge >= 0.3 is 0 Å². The number of rotatable bonds is 7. The number of amides is 1. The molecule has 0 saturated carbocycles. The molecule has 4 rings (SSSR count). The second kappa shape index (κ2) is 9.28. The molecule has 0 radical (unpaired) electrons. The molecule has 0 unspecified atom stereocenters. The molecule has 29 heavy (non-hydrogen) atoms. The summed E-state index contributed by atoms with van der Waals surface area (Å²) >= 11 is 4.98. The first-order valence-electron chi connectivity index (χ1n) is 9.33. The van der Waals surface area contributed by atoms with Crippen LogP contribution in [0, 0.1) is 6.92 Å². The molecule has 8 heteroatoms. The van der Waals surface area contributed by atoms with Crippen molar-refractivity contribution in [3.05, 3.63) is 46.8 Å². The summed E-state index contributed by atoms with van der Waals surface area (Å²) in [4.78, 5) is 18.9. The summed E-state index contributed by atoms with van der Waals surface area (Å²) < 4.78 is 14.2. The second-order valence-corrected chi connectivity index (χ2v) is 9.78. The number of carbonyl (C=O) groups is 1. The predicted octanol–water partition coefficient (Wildman–Crippen LogP) is 4.71. The van der Waals surface area contributed by atoms with Crippen LogP contribution in [-0.2, 0) is 11.3 Å². The van der Waals surface area contributed by atoms with E-state index in [-0.39, 0.29) is 12.7 Å². The van der Waals surface area contributed by atoms with E-state index in [1.807, 2.05) is 12.1 Å². The standard InChI is InChI=1S/C21H22N2O3S3/c1-14-3-5-15(6-4-14)28-9-7-20(24)22-21-23(8-10-27-2)16-11-17-18(26-13-25-17)12-19(16)29-21/h3-6,11-12H,7-10,13H2,1-2H3. The van der Waals surface area contributed by atoms with Crippen molar-refractivity contribution in [3.63, 3.8) is 0 Å². The summed E-state index contributed by atoms with van der Waals surface area (Å²) in [6, 6.07) is 12.3. The van der Waals surface area contributed by atoms with Crippen molar-refractivity contribution in [1.29, 1.82) is 0 Å². The lowest BCUT2D eigenvalue weighted by atomic mass is 10.2. The van der Waals surface area contributed by atoms with Gasteiger partial charge in [-0.15, -0.1) is 11.8 Å². The van der Waals surface area contributed by atoms with Crippen LogP contribution in [0.3, 0.4) is 0 Å². The summed E-state index contributed by atoms with van der Waals surface area (Å²) in [6.07, 6.45) is 2.49. The van der Waals surface area contributed by atoms with Gasteiger partial charge in [-0.3, -0.25) is 4.79 Å². The molecule has 3 aromatic rings. The second-order valence-electron chi connectivity index (χ2n) is 6.62. The predicted molar refractivity (Wildman–Crippen MR) is 121 cm³/mol. The number of benzene rings is 2. The van der Waals surface area contributed by atoms with Crippen LogP contribution in [0.25, 0.3) is 10.2 Å². The van der Waals surface area contributed by atoms with Crippen molar-refractivity contribution in [2.75, 3.05) is 24.6 Å². The fourth-order valence-electron chi connectivity index (χ4n) is 3.00. The van der Waals surface area contributed by atoms with E-state index in [1.165, 1.54) is 21.8 Å². The van der Waals surface area contributed by atoms with Gasteiger partial charge < -0.3 is 14.0 Å². The van der Waals surface area contributed by atoms with Crippen molar-refractivity contribution in [2.45, 2.75) is 24.8 Å². The number of fused-ring (bicyclic) bond motifs is 2. The highest BCUT2D eigenvalue weighted by atomic mass is 32.2. The van der Waals surface area contributed by atoms with E-state index >= 15 is 0 Å². The van der Waals surface area contributed by atoms with Crippen LogP contribution in [0.4, 0.5) is 0 Å². The van der Waals surface area contributed by atoms with Gasteiger partial charge in [-0.25, -0.2) is 0 Å². The fourth-order valence-corrected chi connectivity index (χ4v) is 5.29. The molecule has 0 aliphatic carbocycles. The average Bonchev–Trinajstić information content (AvgIpc) is 3.29. The first-order chi connectivity index (χ1) is 14.1. The monoisotopic (exact) mass is 446 g/mol. The van der Waals surface area contributed by atoms with Crippen molar-refractivity contribution in [3.8, 4) is 11.5 Å². The van der Waals surface area contributed by atoms with E-state index < -0.39 is 0 Å². The quantitative estimate of drug-likeness (QED) is 0.492. The van der Waals surface area contributed by atoms with E-state index in [1.54, 1.807) is 23.5 Å². The topological polar surface area (TPSA) is 52.8 Å². The zero-order valence-corrected chi connectivity index (χ0v) is 18.8. The van der Waals surface area contributed by atoms with Crippen LogP contribution < -0.4 is 14.3 Å². The van der Waals surface area contributed by atoms with Gasteiger partial charge in [-0.05, 0) is 25.3 Å². The zero-order chi connectivity index (χ0) is 20.2. The fraction of sp³-hybridized carbons (Fsp3) is 0.333. The first kappa shape index (κ1) is 20.4. The van der Waals surface area contributed by atoms with Gasteiger partial charge in [-0.2, -0.15) is 16.8 Å². The van der Waals surface area contributed by atoms with Crippen LogP contribution in [-0.4, -0.2) is 35.0 Å². The molecule has 152 valence electrons. The van der Waals surface area contributed by atoms with Gasteiger partial charge in [0.2, 0.25) is 12.7 Å². The number of carbonyl (C=O) groups excluding carboxylic acids is 1. The molecule has 0 N–H and O–H groups in total. The van der Waals surface area contributed by atoms with Crippen molar-refractivity contribution >= 4 is 51.0 Å². The first-order valence-corrected chi connectivity index (χ1v) is 12.5. The summed E-state index contributed by atoms with van der Waals surface area (Å²) in [5, 5.41) is 0. The molecule has 0 spiro atoms. The normalized spacial score (nSPS) is 13.4. The largest absolute Gasteiger partial charge is 0.454 e. The zero-order valence-electron chi connectivity index (χ0n) is 16.3. The Morgan fingerprint density at radius 2 is 1.93 bits per heavy atom. The highest BCUT2D eigenvalue weighted by Crippen LogP contribution is 2.37. The number of hydrogen-bond acceptors (Lipinski definition) is 6. The smallest absolute Gasteiger partial charge is 0.249 e. The highest BCUT2D eigenvalue weighted by Gasteiger charge is 2.18. The van der Waals surface area contributed by atoms with Crippen LogP contribution >= 0.6 is 34.9 Å². The lowest BCUT2D eigenvalue weighted by Crippen LogP contribution is -2.18. The van der Waals surface area contributed by atoms with Gasteiger partial charge in [0.1, 0.15) is 0 Å². The Hall–Kier alpha value is -1.90. The van der Waals surface area contributed by atoms with Gasteiger partial charge in [-0.1, -0.05) is 29.0 Å². The van der Waals surface area contributed by atoms with Crippen LogP contribution in [0.2, 0.25) is 0 Å². The minimum absolute atomic E-state index is 0.0888. The molecular weight excluding hydrogens is 424 g/mol. The number of nitrogens with zero attached hydrogens (tertiary/aromatic N) is 2. The number of aromatic nitrogens is 1. The number of ether oxygens (including phenoxy) is 2. The molecular formula is C21H22N2O3S3. The van der Waals surface area contributed by atoms with E-state index in [4.69, 9.17) is 9.47 Å². The Kier molecular flexibility index (Phi) is 6.52. The van der Waals surface area contributed by atoms with Gasteiger partial charge in [0.05, 0.1) is 10.2 Å². The third-order valence-electron chi connectivity index (χ3n) is 4.52. The van der Waals surface area contributed by atoms with E-state index in [0.717, 1.165) is 44.6 Å². The molecule has 1 aliphatic heterocycles. The summed E-state index contributed by atoms with van der Waals surface area (Å²) in [5.74, 6) is 3.08. The van der Waals surface area contributed by atoms with Crippen LogP contribution in [0.15, 0.2) is 46.3 Å². The third-order valence-corrected chi connectivity index (χ3v) is 7.17. The summed E-state index contributed by atoms with van der Waals surface area (Å²) in [5.41, 5.74) is 2.27. The molecule has 2 aromatic carbocycles. The van der Waals surface area contributed by atoms with Gasteiger partial charge in [0.25, 0.3) is 0 Å². The molecule has 0 atom stereocenters. The Morgan fingerprint density at radius 3 is 2.69 bits per heavy atom. The van der Waals surface area contributed by atoms with Crippen molar-refractivity contribution in [1.82, 2.24) is 4.57 Å². The Bertz CT molecular complexity index is 1090. The molecule has 2 heterocycles. The number of hydrogen-bond donors (Lipinski definition) is 0. The average molecular weight is 447 g/mol. The SMILES string of the molecule is CSCCn1c(=NC(=O)CCSc2ccc(C)cc2)sc2cc3c(cc21)OCO3. The lowest BCUT2D eigenvalue weighted by molar-refractivity contribution is -0.117. The molecule has 1 aliphatic rings. The van der Waals surface area contributed by atoms with Crippen molar-refractivity contribution < 1.29 is 14.3 Å².